The summed E-state index contributed by atoms with van der Waals surface area (Å²) in [5.41, 5.74) is 6.97. The molecular weight excluding hydrogens is 527 g/mol. The van der Waals surface area contributed by atoms with Crippen molar-refractivity contribution in [3.8, 4) is 28.0 Å². The van der Waals surface area contributed by atoms with Gasteiger partial charge in [0, 0.05) is 16.4 Å². The van der Waals surface area contributed by atoms with E-state index in [1.165, 1.54) is 5.56 Å². The van der Waals surface area contributed by atoms with E-state index in [4.69, 9.17) is 4.52 Å². The fourth-order valence-corrected chi connectivity index (χ4v) is 6.18. The van der Waals surface area contributed by atoms with Crippen LogP contribution in [-0.4, -0.2) is 9.79 Å². The summed E-state index contributed by atoms with van der Waals surface area (Å²) in [6.45, 7) is 8.73. The molecule has 0 aromatic heterocycles. The van der Waals surface area contributed by atoms with E-state index in [0.717, 1.165) is 33.4 Å². The predicted molar refractivity (Wildman–Crippen MR) is 167 cm³/mol. The zero-order valence-corrected chi connectivity index (χ0v) is 24.7. The Morgan fingerprint density at radius 3 is 1.44 bits per heavy atom. The van der Waals surface area contributed by atoms with E-state index >= 15 is 0 Å². The maximum Gasteiger partial charge on any atom is 0.524 e. The highest BCUT2D eigenvalue weighted by Gasteiger charge is 2.32. The van der Waals surface area contributed by atoms with E-state index in [0.29, 0.717) is 5.56 Å². The van der Waals surface area contributed by atoms with Crippen LogP contribution in [0.25, 0.3) is 22.3 Å². The van der Waals surface area contributed by atoms with Crippen molar-refractivity contribution in [1.82, 2.24) is 0 Å². The molecule has 2 N–H and O–H groups in total. The van der Waals surface area contributed by atoms with Gasteiger partial charge in [0.1, 0.15) is 5.75 Å². The summed E-state index contributed by atoms with van der Waals surface area (Å²) in [4.78, 5) is 19.9. The fourth-order valence-electron chi connectivity index (χ4n) is 5.77. The van der Waals surface area contributed by atoms with E-state index in [9.17, 15) is 14.4 Å². The molecule has 0 aliphatic rings. The Kier molecular flexibility index (Phi) is 7.76. The van der Waals surface area contributed by atoms with Crippen molar-refractivity contribution in [1.29, 1.82) is 0 Å². The number of hydrogen-bond donors (Lipinski definition) is 2. The zero-order chi connectivity index (χ0) is 29.3. The molecule has 0 saturated heterocycles. The van der Waals surface area contributed by atoms with Crippen molar-refractivity contribution < 1.29 is 18.9 Å². The van der Waals surface area contributed by atoms with Crippen LogP contribution in [0.15, 0.2) is 127 Å². The number of phosphoric acid groups is 1. The van der Waals surface area contributed by atoms with Gasteiger partial charge in [0.05, 0.1) is 0 Å². The molecule has 0 aliphatic heterocycles. The lowest BCUT2D eigenvalue weighted by molar-refractivity contribution is 0.283. The lowest BCUT2D eigenvalue weighted by Crippen LogP contribution is -2.21. The molecular formula is C36H35O4P. The van der Waals surface area contributed by atoms with Gasteiger partial charge in [0.25, 0.3) is 0 Å². The van der Waals surface area contributed by atoms with Crippen molar-refractivity contribution in [2.75, 3.05) is 0 Å². The minimum absolute atomic E-state index is 0.138. The monoisotopic (exact) mass is 562 g/mol. The van der Waals surface area contributed by atoms with Crippen LogP contribution in [0.5, 0.6) is 5.75 Å². The Morgan fingerprint density at radius 2 is 0.927 bits per heavy atom. The average Bonchev–Trinajstić information content (AvgIpc) is 2.97. The Hall–Kier alpha value is -3.95. The molecule has 0 aliphatic carbocycles. The minimum Gasteiger partial charge on any atom is -0.404 e. The molecule has 0 fully saturated rings. The van der Waals surface area contributed by atoms with Crippen LogP contribution < -0.4 is 4.52 Å². The zero-order valence-electron chi connectivity index (χ0n) is 23.8. The minimum atomic E-state index is -4.85. The van der Waals surface area contributed by atoms with Crippen molar-refractivity contribution in [3.05, 3.63) is 150 Å². The lowest BCUT2D eigenvalue weighted by atomic mass is 9.72. The molecule has 4 nitrogen and oxygen atoms in total. The van der Waals surface area contributed by atoms with Gasteiger partial charge in [-0.15, -0.1) is 0 Å². The second kappa shape index (κ2) is 11.1. The second-order valence-electron chi connectivity index (χ2n) is 11.3. The Labute approximate surface area is 242 Å². The van der Waals surface area contributed by atoms with Crippen LogP contribution >= 0.6 is 7.82 Å². The first-order valence-corrected chi connectivity index (χ1v) is 15.2. The Bertz CT molecular complexity index is 1700. The molecule has 41 heavy (non-hydrogen) atoms. The van der Waals surface area contributed by atoms with Crippen LogP contribution in [-0.2, 0) is 15.4 Å². The summed E-state index contributed by atoms with van der Waals surface area (Å²) >= 11 is 0. The average molecular weight is 563 g/mol. The van der Waals surface area contributed by atoms with Gasteiger partial charge in [0.2, 0.25) is 0 Å². The summed E-state index contributed by atoms with van der Waals surface area (Å²) in [5.74, 6) is 0.138. The molecule has 0 amide bonds. The molecule has 5 rings (SSSR count). The van der Waals surface area contributed by atoms with Crippen LogP contribution in [0, 0.1) is 0 Å². The van der Waals surface area contributed by atoms with Gasteiger partial charge in [0.15, 0.2) is 0 Å². The molecule has 0 atom stereocenters. The molecule has 5 heteroatoms. The van der Waals surface area contributed by atoms with Gasteiger partial charge in [-0.1, -0.05) is 149 Å². The van der Waals surface area contributed by atoms with Crippen molar-refractivity contribution in [2.24, 2.45) is 0 Å². The van der Waals surface area contributed by atoms with Crippen LogP contribution in [0.1, 0.15) is 49.9 Å². The van der Waals surface area contributed by atoms with E-state index in [2.05, 4.69) is 70.2 Å². The topological polar surface area (TPSA) is 66.8 Å². The summed E-state index contributed by atoms with van der Waals surface area (Å²) in [6.07, 6.45) is 0. The molecule has 5 aromatic rings. The first kappa shape index (κ1) is 28.6. The van der Waals surface area contributed by atoms with Gasteiger partial charge in [-0.05, 0) is 45.0 Å². The van der Waals surface area contributed by atoms with Crippen LogP contribution in [0.3, 0.4) is 0 Å². The predicted octanol–water partition coefficient (Wildman–Crippen LogP) is 9.14. The Balaban J connectivity index is 1.82. The third-order valence-electron chi connectivity index (χ3n) is 7.99. The van der Waals surface area contributed by atoms with Crippen LogP contribution in [0.2, 0.25) is 0 Å². The summed E-state index contributed by atoms with van der Waals surface area (Å²) in [7, 11) is -4.85. The third-order valence-corrected chi connectivity index (χ3v) is 8.43. The third kappa shape index (κ3) is 5.78. The largest absolute Gasteiger partial charge is 0.524 e. The van der Waals surface area contributed by atoms with Crippen LogP contribution in [0.4, 0.5) is 0 Å². The van der Waals surface area contributed by atoms with Crippen molar-refractivity contribution >= 4 is 7.82 Å². The normalized spacial score (nSPS) is 12.2. The SMILES string of the molecule is CC(C)(c1ccccc1)c1ccccc1-c1cccc(OP(=O)(O)O)c1-c1ccccc1C(C)(C)c1ccccc1. The smallest absolute Gasteiger partial charge is 0.404 e. The maximum absolute atomic E-state index is 12.2. The summed E-state index contributed by atoms with van der Waals surface area (Å²) < 4.78 is 17.6. The lowest BCUT2D eigenvalue weighted by Gasteiger charge is -2.31. The molecule has 0 heterocycles. The fraction of sp³-hybridized carbons (Fsp3) is 0.167. The highest BCUT2D eigenvalue weighted by Crippen LogP contribution is 2.50. The van der Waals surface area contributed by atoms with E-state index in [1.54, 1.807) is 12.1 Å². The van der Waals surface area contributed by atoms with E-state index in [1.807, 2.05) is 72.8 Å². The van der Waals surface area contributed by atoms with E-state index in [-0.39, 0.29) is 11.2 Å². The highest BCUT2D eigenvalue weighted by atomic mass is 31.2. The second-order valence-corrected chi connectivity index (χ2v) is 12.5. The van der Waals surface area contributed by atoms with Gasteiger partial charge >= 0.3 is 7.82 Å². The first-order chi connectivity index (χ1) is 19.5. The standard InChI is InChI=1S/C36H35O4P/c1-35(2,26-16-7-5-8-17-26)31-23-13-11-20-28(31)29-22-15-25-33(40-41(37,38)39)34(29)30-21-12-14-24-32(30)36(3,4)27-18-9-6-10-19-27/h5-25H,1-4H3,(H2,37,38,39). The first-order valence-electron chi connectivity index (χ1n) is 13.7. The molecule has 5 aromatic carbocycles. The molecule has 208 valence electrons. The quantitative estimate of drug-likeness (QED) is 0.185. The number of phosphoric ester groups is 1. The van der Waals surface area contributed by atoms with Gasteiger partial charge in [-0.3, -0.25) is 9.79 Å². The van der Waals surface area contributed by atoms with Gasteiger partial charge in [-0.2, -0.15) is 0 Å². The molecule has 0 spiro atoms. The molecule has 0 bridgehead atoms. The molecule has 0 saturated carbocycles. The summed E-state index contributed by atoms with van der Waals surface area (Å²) in [5, 5.41) is 0. The number of benzene rings is 5. The number of rotatable bonds is 8. The van der Waals surface area contributed by atoms with Gasteiger partial charge < -0.3 is 4.52 Å². The maximum atomic E-state index is 12.2. The summed E-state index contributed by atoms with van der Waals surface area (Å²) in [6, 6.07) is 42.3. The van der Waals surface area contributed by atoms with E-state index < -0.39 is 13.2 Å². The van der Waals surface area contributed by atoms with Crippen molar-refractivity contribution in [2.45, 2.75) is 38.5 Å². The molecule has 0 unspecified atom stereocenters. The molecule has 0 radical (unpaired) electrons. The highest BCUT2D eigenvalue weighted by molar-refractivity contribution is 7.46. The van der Waals surface area contributed by atoms with Crippen molar-refractivity contribution in [3.63, 3.8) is 0 Å². The number of hydrogen-bond acceptors (Lipinski definition) is 2. The van der Waals surface area contributed by atoms with Gasteiger partial charge in [-0.25, -0.2) is 4.57 Å². The Morgan fingerprint density at radius 1 is 0.512 bits per heavy atom.